The van der Waals surface area contributed by atoms with E-state index in [1.807, 2.05) is 6.07 Å². The number of β-amino-alcohol motifs (C(OH)–C–C–N with tert-alkyl or cyclic N) is 1. The molecule has 0 spiro atoms. The van der Waals surface area contributed by atoms with Gasteiger partial charge in [0.2, 0.25) is 5.75 Å². The first-order valence-corrected chi connectivity index (χ1v) is 8.03. The van der Waals surface area contributed by atoms with Gasteiger partial charge in [-0.05, 0) is 44.0 Å². The summed E-state index contributed by atoms with van der Waals surface area (Å²) in [5.41, 5.74) is 0. The zero-order chi connectivity index (χ0) is 16.7. The number of methoxy groups -OCH3 is 2. The minimum atomic E-state index is -0.588. The lowest BCUT2D eigenvalue weighted by atomic mass is 9.98. The molecule has 2 N–H and O–H groups in total. The van der Waals surface area contributed by atoms with E-state index in [0.29, 0.717) is 29.7 Å². The van der Waals surface area contributed by atoms with Crippen LogP contribution in [0.4, 0.5) is 0 Å². The predicted molar refractivity (Wildman–Crippen MR) is 87.3 cm³/mol. The first-order chi connectivity index (χ1) is 11.2. The van der Waals surface area contributed by atoms with Gasteiger partial charge in [-0.2, -0.15) is 0 Å². The van der Waals surface area contributed by atoms with Crippen molar-refractivity contribution in [3.05, 3.63) is 18.2 Å². The molecule has 0 aromatic heterocycles. The van der Waals surface area contributed by atoms with Gasteiger partial charge >= 0.3 is 0 Å². The molecule has 1 fully saturated rings. The quantitative estimate of drug-likeness (QED) is 0.747. The van der Waals surface area contributed by atoms with E-state index in [9.17, 15) is 5.11 Å². The van der Waals surface area contributed by atoms with Crippen LogP contribution in [0, 0.1) is 5.92 Å². The van der Waals surface area contributed by atoms with Crippen molar-refractivity contribution in [1.29, 1.82) is 0 Å². The molecule has 1 atom stereocenters. The van der Waals surface area contributed by atoms with Crippen LogP contribution in [0.25, 0.3) is 0 Å². The molecule has 1 aliphatic heterocycles. The molecule has 1 aliphatic rings. The number of aliphatic hydroxyl groups excluding tert-OH is 2. The maximum absolute atomic E-state index is 10.2. The highest BCUT2D eigenvalue weighted by atomic mass is 16.5. The summed E-state index contributed by atoms with van der Waals surface area (Å²) >= 11 is 0. The molecule has 0 bridgehead atoms. The number of nitrogens with zero attached hydrogens (tertiary/aromatic N) is 1. The molecule has 0 radical (unpaired) electrons. The Hall–Kier alpha value is -1.50. The van der Waals surface area contributed by atoms with Crippen LogP contribution < -0.4 is 14.2 Å². The van der Waals surface area contributed by atoms with Gasteiger partial charge in [0.25, 0.3) is 0 Å². The third-order valence-corrected chi connectivity index (χ3v) is 4.24. The summed E-state index contributed by atoms with van der Waals surface area (Å²) < 4.78 is 16.3. The van der Waals surface area contributed by atoms with E-state index in [1.165, 1.54) is 0 Å². The van der Waals surface area contributed by atoms with Gasteiger partial charge in [0.1, 0.15) is 12.7 Å². The molecule has 1 aromatic carbocycles. The topological polar surface area (TPSA) is 71.4 Å². The molecular weight excluding hydrogens is 298 g/mol. The summed E-state index contributed by atoms with van der Waals surface area (Å²) in [4.78, 5) is 2.21. The second kappa shape index (κ2) is 8.96. The van der Waals surface area contributed by atoms with E-state index in [2.05, 4.69) is 4.90 Å². The average Bonchev–Trinajstić information content (AvgIpc) is 2.60. The van der Waals surface area contributed by atoms with Crippen molar-refractivity contribution in [2.75, 3.05) is 47.1 Å². The van der Waals surface area contributed by atoms with Gasteiger partial charge in [-0.1, -0.05) is 6.07 Å². The molecule has 0 amide bonds. The Labute approximate surface area is 137 Å². The van der Waals surface area contributed by atoms with Crippen LogP contribution in [0.3, 0.4) is 0 Å². The highest BCUT2D eigenvalue weighted by Crippen LogP contribution is 2.36. The SMILES string of the molecule is COc1cccc(OC)c1OCC(O)CN1CCC(CO)CC1. The number of aliphatic hydroxyl groups is 2. The Morgan fingerprint density at radius 1 is 1.17 bits per heavy atom. The van der Waals surface area contributed by atoms with Gasteiger partial charge < -0.3 is 29.3 Å². The first kappa shape index (κ1) is 17.8. The van der Waals surface area contributed by atoms with Crippen molar-refractivity contribution < 1.29 is 24.4 Å². The number of hydrogen-bond acceptors (Lipinski definition) is 6. The Bertz CT molecular complexity index is 452. The molecule has 1 heterocycles. The fraction of sp³-hybridized carbons (Fsp3) is 0.647. The maximum Gasteiger partial charge on any atom is 0.203 e. The third-order valence-electron chi connectivity index (χ3n) is 4.24. The number of hydrogen-bond donors (Lipinski definition) is 2. The number of piperidine rings is 1. The standard InChI is InChI=1S/C17H27NO5/c1-21-15-4-3-5-16(22-2)17(15)23-12-14(20)10-18-8-6-13(11-19)7-9-18/h3-5,13-14,19-20H,6-12H2,1-2H3. The van der Waals surface area contributed by atoms with E-state index in [0.717, 1.165) is 25.9 Å². The Balaban J connectivity index is 1.84. The van der Waals surface area contributed by atoms with Gasteiger partial charge in [0.15, 0.2) is 11.5 Å². The molecule has 130 valence electrons. The second-order valence-corrected chi connectivity index (χ2v) is 5.88. The van der Waals surface area contributed by atoms with Gasteiger partial charge in [0.05, 0.1) is 14.2 Å². The average molecular weight is 325 g/mol. The summed E-state index contributed by atoms with van der Waals surface area (Å²) in [7, 11) is 3.15. The van der Waals surface area contributed by atoms with Crippen LogP contribution in [-0.4, -0.2) is 68.3 Å². The predicted octanol–water partition coefficient (Wildman–Crippen LogP) is 1.15. The van der Waals surface area contributed by atoms with Gasteiger partial charge in [-0.15, -0.1) is 0 Å². The normalized spacial score (nSPS) is 17.7. The smallest absolute Gasteiger partial charge is 0.203 e. The van der Waals surface area contributed by atoms with Crippen molar-refractivity contribution in [2.24, 2.45) is 5.92 Å². The Morgan fingerprint density at radius 2 is 1.78 bits per heavy atom. The second-order valence-electron chi connectivity index (χ2n) is 5.88. The molecule has 6 heteroatoms. The molecule has 2 rings (SSSR count). The highest BCUT2D eigenvalue weighted by molar-refractivity contribution is 5.51. The minimum absolute atomic E-state index is 0.177. The highest BCUT2D eigenvalue weighted by Gasteiger charge is 2.21. The van der Waals surface area contributed by atoms with Crippen LogP contribution in [0.1, 0.15) is 12.8 Å². The molecular formula is C17H27NO5. The summed E-state index contributed by atoms with van der Waals surface area (Å²) in [6, 6.07) is 5.42. The molecule has 23 heavy (non-hydrogen) atoms. The zero-order valence-corrected chi connectivity index (χ0v) is 13.9. The Kier molecular flexibility index (Phi) is 6.95. The molecule has 0 aliphatic carbocycles. The molecule has 1 aromatic rings. The lowest BCUT2D eigenvalue weighted by Gasteiger charge is -2.32. The van der Waals surface area contributed by atoms with Crippen LogP contribution in [0.15, 0.2) is 18.2 Å². The van der Waals surface area contributed by atoms with Crippen LogP contribution in [0.5, 0.6) is 17.2 Å². The van der Waals surface area contributed by atoms with E-state index in [-0.39, 0.29) is 13.2 Å². The van der Waals surface area contributed by atoms with Crippen LogP contribution in [0.2, 0.25) is 0 Å². The summed E-state index contributed by atoms with van der Waals surface area (Å²) in [5, 5.41) is 19.4. The summed E-state index contributed by atoms with van der Waals surface area (Å²) in [5.74, 6) is 2.08. The molecule has 0 saturated carbocycles. The fourth-order valence-corrected chi connectivity index (χ4v) is 2.84. The van der Waals surface area contributed by atoms with E-state index < -0.39 is 6.10 Å². The van der Waals surface area contributed by atoms with Crippen molar-refractivity contribution in [3.63, 3.8) is 0 Å². The van der Waals surface area contributed by atoms with Crippen molar-refractivity contribution in [1.82, 2.24) is 4.90 Å². The number of ether oxygens (including phenoxy) is 3. The lowest BCUT2D eigenvalue weighted by Crippen LogP contribution is -2.41. The largest absolute Gasteiger partial charge is 0.493 e. The van der Waals surface area contributed by atoms with E-state index in [4.69, 9.17) is 19.3 Å². The number of para-hydroxylation sites is 1. The zero-order valence-electron chi connectivity index (χ0n) is 13.9. The van der Waals surface area contributed by atoms with Crippen molar-refractivity contribution in [2.45, 2.75) is 18.9 Å². The Morgan fingerprint density at radius 3 is 2.30 bits per heavy atom. The lowest BCUT2D eigenvalue weighted by molar-refractivity contribution is 0.0475. The maximum atomic E-state index is 10.2. The fourth-order valence-electron chi connectivity index (χ4n) is 2.84. The first-order valence-electron chi connectivity index (χ1n) is 8.03. The van der Waals surface area contributed by atoms with E-state index in [1.54, 1.807) is 26.4 Å². The summed E-state index contributed by atoms with van der Waals surface area (Å²) in [6.07, 6.45) is 1.37. The minimum Gasteiger partial charge on any atom is -0.493 e. The third kappa shape index (κ3) is 4.99. The number of benzene rings is 1. The van der Waals surface area contributed by atoms with E-state index >= 15 is 0 Å². The van der Waals surface area contributed by atoms with Crippen molar-refractivity contribution >= 4 is 0 Å². The molecule has 6 nitrogen and oxygen atoms in total. The number of rotatable bonds is 8. The molecule has 1 unspecified atom stereocenters. The summed E-state index contributed by atoms with van der Waals surface area (Å²) in [6.45, 7) is 2.81. The van der Waals surface area contributed by atoms with Crippen molar-refractivity contribution in [3.8, 4) is 17.2 Å². The van der Waals surface area contributed by atoms with Gasteiger partial charge in [-0.25, -0.2) is 0 Å². The number of likely N-dealkylation sites (tertiary alicyclic amines) is 1. The monoisotopic (exact) mass is 325 g/mol. The van der Waals surface area contributed by atoms with Gasteiger partial charge in [-0.3, -0.25) is 0 Å². The molecule has 1 saturated heterocycles. The van der Waals surface area contributed by atoms with Crippen LogP contribution in [-0.2, 0) is 0 Å². The van der Waals surface area contributed by atoms with Gasteiger partial charge in [0, 0.05) is 13.2 Å². The van der Waals surface area contributed by atoms with Crippen LogP contribution >= 0.6 is 0 Å².